The third-order valence-corrected chi connectivity index (χ3v) is 8.49. The Labute approximate surface area is 248 Å². The van der Waals surface area contributed by atoms with Crippen molar-refractivity contribution in [2.24, 2.45) is 7.05 Å². The van der Waals surface area contributed by atoms with Gasteiger partial charge >= 0.3 is 0 Å². The van der Waals surface area contributed by atoms with Crippen molar-refractivity contribution in [3.05, 3.63) is 68.7 Å². The molecule has 218 valence electrons. The maximum absolute atomic E-state index is 13.4. The van der Waals surface area contributed by atoms with E-state index in [9.17, 15) is 4.79 Å². The Balaban J connectivity index is 1.56. The molecule has 4 rings (SSSR count). The number of fused-ring (bicyclic) bond motifs is 1. The van der Waals surface area contributed by atoms with Gasteiger partial charge in [-0.25, -0.2) is 9.67 Å². The molecule has 2 unspecified atom stereocenters. The van der Waals surface area contributed by atoms with E-state index >= 15 is 0 Å². The molecule has 0 aromatic carbocycles. The summed E-state index contributed by atoms with van der Waals surface area (Å²) in [6, 6.07) is 4.64. The minimum atomic E-state index is -0.399. The summed E-state index contributed by atoms with van der Waals surface area (Å²) in [5, 5.41) is 5.68. The van der Waals surface area contributed by atoms with Crippen LogP contribution < -0.4 is 5.56 Å². The summed E-state index contributed by atoms with van der Waals surface area (Å²) in [6.07, 6.45) is 11.6. The third-order valence-electron chi connectivity index (χ3n) is 7.83. The lowest BCUT2D eigenvalue weighted by Gasteiger charge is -2.25. The third kappa shape index (κ3) is 6.92. The van der Waals surface area contributed by atoms with E-state index in [4.69, 9.17) is 33.3 Å². The van der Waals surface area contributed by atoms with Crippen molar-refractivity contribution >= 4 is 34.2 Å². The summed E-state index contributed by atoms with van der Waals surface area (Å²) >= 11 is 13.0. The number of hydrogen-bond donors (Lipinski definition) is 1. The second-order valence-corrected chi connectivity index (χ2v) is 12.5. The molecule has 0 fully saturated rings. The van der Waals surface area contributed by atoms with Crippen molar-refractivity contribution in [1.29, 1.82) is 0 Å². The van der Waals surface area contributed by atoms with E-state index in [-0.39, 0.29) is 17.5 Å². The fourth-order valence-electron chi connectivity index (χ4n) is 5.53. The zero-order valence-corrected chi connectivity index (χ0v) is 26.3. The molecule has 40 heavy (non-hydrogen) atoms. The number of aromatic amines is 1. The number of rotatable bonds is 12. The molecule has 2 atom stereocenters. The number of nitrogens with one attached hydrogen (secondary N) is 1. The van der Waals surface area contributed by atoms with E-state index in [0.717, 1.165) is 37.3 Å². The van der Waals surface area contributed by atoms with Gasteiger partial charge in [0.2, 0.25) is 0 Å². The molecule has 1 N–H and O–H groups in total. The van der Waals surface area contributed by atoms with Crippen LogP contribution in [0.5, 0.6) is 0 Å². The first-order chi connectivity index (χ1) is 19.1. The predicted octanol–water partition coefficient (Wildman–Crippen LogP) is 6.85. The number of unbranched alkanes of at least 4 members (excludes halogenated alkanes) is 1. The minimum absolute atomic E-state index is 0.0604. The summed E-state index contributed by atoms with van der Waals surface area (Å²) in [6.45, 7) is 13.2. The van der Waals surface area contributed by atoms with Crippen LogP contribution in [0, 0.1) is 0 Å². The number of allylic oxidation sites excluding steroid dienone is 4. The molecule has 0 saturated carbocycles. The number of aryl methyl sites for hydroxylation is 1. The molecule has 0 aliphatic heterocycles. The molecular formula is C31H44Cl2N6O. The fourth-order valence-corrected chi connectivity index (χ4v) is 6.16. The van der Waals surface area contributed by atoms with Crippen LogP contribution in [0.15, 0.2) is 40.2 Å². The number of alkyl halides is 1. The van der Waals surface area contributed by atoms with Crippen LogP contribution in [-0.4, -0.2) is 53.7 Å². The van der Waals surface area contributed by atoms with E-state index in [0.29, 0.717) is 40.8 Å². The number of nitrogens with zero attached hydrogens (tertiary/aromatic N) is 5. The summed E-state index contributed by atoms with van der Waals surface area (Å²) < 4.78 is 4.04. The Morgan fingerprint density at radius 3 is 2.60 bits per heavy atom. The molecule has 0 amide bonds. The van der Waals surface area contributed by atoms with Crippen LogP contribution in [0.25, 0.3) is 11.0 Å². The quantitative estimate of drug-likeness (QED) is 0.143. The van der Waals surface area contributed by atoms with Gasteiger partial charge < -0.3 is 14.5 Å². The van der Waals surface area contributed by atoms with Crippen LogP contribution in [-0.2, 0) is 19.9 Å². The second-order valence-electron chi connectivity index (χ2n) is 11.5. The first kappa shape index (κ1) is 30.6. The van der Waals surface area contributed by atoms with E-state index in [1.165, 1.54) is 18.5 Å². The second kappa shape index (κ2) is 13.5. The largest absolute Gasteiger partial charge is 0.351 e. The van der Waals surface area contributed by atoms with E-state index in [1.54, 1.807) is 4.68 Å². The minimum Gasteiger partial charge on any atom is -0.351 e. The van der Waals surface area contributed by atoms with Crippen molar-refractivity contribution in [2.45, 2.75) is 96.5 Å². The monoisotopic (exact) mass is 586 g/mol. The summed E-state index contributed by atoms with van der Waals surface area (Å²) in [7, 11) is 2.10. The first-order valence-corrected chi connectivity index (χ1v) is 15.5. The predicted molar refractivity (Wildman–Crippen MR) is 167 cm³/mol. The molecule has 1 aliphatic carbocycles. The van der Waals surface area contributed by atoms with Gasteiger partial charge in [0, 0.05) is 42.4 Å². The molecule has 1 aliphatic rings. The van der Waals surface area contributed by atoms with Gasteiger partial charge in [0.25, 0.3) is 5.56 Å². The van der Waals surface area contributed by atoms with Crippen LogP contribution in [0.3, 0.4) is 0 Å². The van der Waals surface area contributed by atoms with Crippen LogP contribution >= 0.6 is 23.2 Å². The van der Waals surface area contributed by atoms with Gasteiger partial charge in [-0.3, -0.25) is 4.79 Å². The highest BCUT2D eigenvalue weighted by atomic mass is 35.5. The highest BCUT2D eigenvalue weighted by Gasteiger charge is 2.27. The normalized spacial score (nSPS) is 17.9. The average Bonchev–Trinajstić information content (AvgIpc) is 3.39. The van der Waals surface area contributed by atoms with Gasteiger partial charge in [-0.2, -0.15) is 5.10 Å². The summed E-state index contributed by atoms with van der Waals surface area (Å²) in [4.78, 5) is 23.9. The average molecular weight is 588 g/mol. The highest BCUT2D eigenvalue weighted by Crippen LogP contribution is 2.31. The summed E-state index contributed by atoms with van der Waals surface area (Å²) in [5.74, 6) is 0.677. The van der Waals surface area contributed by atoms with Crippen LogP contribution in [0.4, 0.5) is 0 Å². The topological polar surface area (TPSA) is 71.7 Å². The SMILES string of the molecule is CCCN(CCCCc1ccc(Cc2nc3c(c(C(C)C)nn3C3C=CCC(Cl)=CC3Cl)c(=O)[nH]2)n1C)C(C)C. The van der Waals surface area contributed by atoms with Crippen molar-refractivity contribution in [2.75, 3.05) is 13.1 Å². The molecule has 3 aromatic rings. The number of hydrogen-bond acceptors (Lipinski definition) is 4. The molecule has 0 bridgehead atoms. The Morgan fingerprint density at radius 2 is 1.90 bits per heavy atom. The van der Waals surface area contributed by atoms with Crippen molar-refractivity contribution < 1.29 is 0 Å². The molecule has 3 heterocycles. The lowest BCUT2D eigenvalue weighted by Crippen LogP contribution is -2.32. The maximum atomic E-state index is 13.4. The molecule has 9 heteroatoms. The van der Waals surface area contributed by atoms with Gasteiger partial charge in [-0.15, -0.1) is 11.6 Å². The Kier molecular flexibility index (Phi) is 10.4. The highest BCUT2D eigenvalue weighted by molar-refractivity contribution is 6.31. The smallest absolute Gasteiger partial charge is 0.262 e. The fraction of sp³-hybridized carbons (Fsp3) is 0.581. The first-order valence-electron chi connectivity index (χ1n) is 14.7. The molecule has 0 radical (unpaired) electrons. The van der Waals surface area contributed by atoms with E-state index in [1.807, 2.05) is 32.1 Å². The van der Waals surface area contributed by atoms with E-state index in [2.05, 4.69) is 54.4 Å². The standard InChI is InChI=1S/C31H44Cl2N6O/c1-7-16-38(21(4)5)17-9-8-12-23-14-15-24(37(23)6)19-27-34-30-28(31(40)35-27)29(20(2)3)36-39(30)26-13-10-11-22(32)18-25(26)33/h10,13-15,18,20-21,25-26H,7-9,11-12,16-17,19H2,1-6H3,(H,34,35,40). The van der Waals surface area contributed by atoms with Crippen molar-refractivity contribution in [3.63, 3.8) is 0 Å². The number of halogens is 2. The number of H-pyrrole nitrogens is 1. The van der Waals surface area contributed by atoms with Crippen LogP contribution in [0.2, 0.25) is 0 Å². The van der Waals surface area contributed by atoms with Crippen molar-refractivity contribution in [1.82, 2.24) is 29.2 Å². The summed E-state index contributed by atoms with van der Waals surface area (Å²) in [5.41, 5.74) is 3.54. The Hall–Kier alpha value is -2.35. The molecule has 0 saturated heterocycles. The molecule has 3 aromatic heterocycles. The number of aromatic nitrogens is 5. The Morgan fingerprint density at radius 1 is 1.15 bits per heavy atom. The van der Waals surface area contributed by atoms with Crippen molar-refractivity contribution in [3.8, 4) is 0 Å². The van der Waals surface area contributed by atoms with Gasteiger partial charge in [-0.1, -0.05) is 44.5 Å². The van der Waals surface area contributed by atoms with Gasteiger partial charge in [-0.05, 0) is 76.7 Å². The lowest BCUT2D eigenvalue weighted by atomic mass is 10.1. The molecule has 0 spiro atoms. The maximum Gasteiger partial charge on any atom is 0.262 e. The van der Waals surface area contributed by atoms with Gasteiger partial charge in [0.05, 0.1) is 17.1 Å². The lowest BCUT2D eigenvalue weighted by molar-refractivity contribution is 0.218. The van der Waals surface area contributed by atoms with Crippen LogP contribution in [0.1, 0.15) is 95.2 Å². The molecular weight excluding hydrogens is 543 g/mol. The zero-order chi connectivity index (χ0) is 29.0. The van der Waals surface area contributed by atoms with E-state index < -0.39 is 5.38 Å². The zero-order valence-electron chi connectivity index (χ0n) is 24.8. The van der Waals surface area contributed by atoms with Gasteiger partial charge in [0.15, 0.2) is 5.65 Å². The molecule has 7 nitrogen and oxygen atoms in total. The Bertz CT molecular complexity index is 1410. The van der Waals surface area contributed by atoms with Gasteiger partial charge in [0.1, 0.15) is 11.2 Å².